The van der Waals surface area contributed by atoms with Crippen molar-refractivity contribution in [3.05, 3.63) is 0 Å². The summed E-state index contributed by atoms with van der Waals surface area (Å²) < 4.78 is 64.2. The number of alkyl halides is 3. The Labute approximate surface area is 85.1 Å². The number of hydrogen-bond acceptors (Lipinski definition) is 3. The van der Waals surface area contributed by atoms with Gasteiger partial charge in [-0.2, -0.15) is 17.2 Å². The zero-order valence-electron chi connectivity index (χ0n) is 5.74. The van der Waals surface area contributed by atoms with Crippen LogP contribution in [0.2, 0.25) is 0 Å². The topological polar surface area (TPSA) is 74.6 Å². The number of aliphatic hydroxyl groups is 1. The van der Waals surface area contributed by atoms with Crippen molar-refractivity contribution in [3.63, 3.8) is 0 Å². The van der Waals surface area contributed by atoms with Gasteiger partial charge in [0.2, 0.25) is 0 Å². The first kappa shape index (κ1) is 15.7. The van der Waals surface area contributed by atoms with Gasteiger partial charge >= 0.3 is 34.2 Å². The molecule has 0 heterocycles. The summed E-state index contributed by atoms with van der Waals surface area (Å²) in [5, 5.41) is 3.16. The van der Waals surface area contributed by atoms with E-state index in [-0.39, 0.29) is 18.9 Å². The molecule has 0 bridgehead atoms. The van der Waals surface area contributed by atoms with Gasteiger partial charge in [-0.15, -0.1) is 0 Å². The fourth-order valence-corrected chi connectivity index (χ4v) is 0.884. The molecule has 0 rings (SSSR count). The standard InChI is InChI=1S/C4H7F3O4S.Li.H/c5-3(1-2-8)4(6,7)12(9,10)11;;/h3,8H,1-2H2,(H,9,10,11);;. The van der Waals surface area contributed by atoms with Gasteiger partial charge in [0, 0.05) is 13.0 Å². The Morgan fingerprint density at radius 2 is 1.77 bits per heavy atom. The summed E-state index contributed by atoms with van der Waals surface area (Å²) in [6.07, 6.45) is -4.15. The van der Waals surface area contributed by atoms with Gasteiger partial charge in [0.15, 0.2) is 6.17 Å². The second-order valence-electron chi connectivity index (χ2n) is 2.02. The average molecular weight is 216 g/mol. The minimum absolute atomic E-state index is 0. The molecule has 2 N–H and O–H groups in total. The van der Waals surface area contributed by atoms with Crippen LogP contribution in [0.1, 0.15) is 6.42 Å². The second kappa shape index (κ2) is 5.22. The minimum atomic E-state index is -5.74. The Morgan fingerprint density at radius 1 is 1.38 bits per heavy atom. The van der Waals surface area contributed by atoms with Crippen molar-refractivity contribution in [1.82, 2.24) is 0 Å². The van der Waals surface area contributed by atoms with E-state index in [1.165, 1.54) is 0 Å². The van der Waals surface area contributed by atoms with Crippen molar-refractivity contribution in [2.45, 2.75) is 17.8 Å². The van der Waals surface area contributed by atoms with E-state index < -0.39 is 34.6 Å². The maximum atomic E-state index is 12.2. The first-order valence-electron chi connectivity index (χ1n) is 2.83. The number of rotatable bonds is 4. The van der Waals surface area contributed by atoms with E-state index in [4.69, 9.17) is 9.66 Å². The summed E-state index contributed by atoms with van der Waals surface area (Å²) in [6, 6.07) is 0. The molecule has 0 aliphatic rings. The van der Waals surface area contributed by atoms with Crippen molar-refractivity contribution in [3.8, 4) is 0 Å². The molecular formula is C4H8F3LiO4S. The third-order valence-corrected chi connectivity index (χ3v) is 2.03. The van der Waals surface area contributed by atoms with E-state index in [2.05, 4.69) is 0 Å². The van der Waals surface area contributed by atoms with Crippen LogP contribution >= 0.6 is 0 Å². The van der Waals surface area contributed by atoms with Crippen molar-refractivity contribution >= 4 is 29.0 Å². The van der Waals surface area contributed by atoms with Gasteiger partial charge in [0.1, 0.15) is 0 Å². The van der Waals surface area contributed by atoms with Crippen molar-refractivity contribution < 1.29 is 31.2 Å². The van der Waals surface area contributed by atoms with Gasteiger partial charge in [-0.05, 0) is 0 Å². The van der Waals surface area contributed by atoms with E-state index in [9.17, 15) is 21.6 Å². The zero-order chi connectivity index (χ0) is 9.99. The van der Waals surface area contributed by atoms with Crippen LogP contribution in [-0.4, -0.2) is 55.0 Å². The Balaban J connectivity index is 0. The van der Waals surface area contributed by atoms with Crippen molar-refractivity contribution in [2.24, 2.45) is 0 Å². The van der Waals surface area contributed by atoms with Gasteiger partial charge in [-0.25, -0.2) is 4.39 Å². The first-order chi connectivity index (χ1) is 5.23. The predicted octanol–water partition coefficient (Wildman–Crippen LogP) is -0.461. The molecule has 0 fully saturated rings. The van der Waals surface area contributed by atoms with Gasteiger partial charge in [0.25, 0.3) is 0 Å². The van der Waals surface area contributed by atoms with Gasteiger partial charge in [-0.1, -0.05) is 0 Å². The Morgan fingerprint density at radius 3 is 2.00 bits per heavy atom. The predicted molar refractivity (Wildman–Crippen MR) is 40.2 cm³/mol. The summed E-state index contributed by atoms with van der Waals surface area (Å²) >= 11 is 0. The third kappa shape index (κ3) is 3.87. The van der Waals surface area contributed by atoms with E-state index in [1.54, 1.807) is 0 Å². The summed E-state index contributed by atoms with van der Waals surface area (Å²) in [5.74, 6) is 0. The summed E-state index contributed by atoms with van der Waals surface area (Å²) in [5.41, 5.74) is 0. The molecule has 4 nitrogen and oxygen atoms in total. The van der Waals surface area contributed by atoms with Crippen LogP contribution in [-0.2, 0) is 10.1 Å². The Bertz CT molecular complexity index is 242. The molecule has 9 heteroatoms. The van der Waals surface area contributed by atoms with Crippen LogP contribution in [0.3, 0.4) is 0 Å². The van der Waals surface area contributed by atoms with E-state index in [0.29, 0.717) is 0 Å². The molecule has 1 unspecified atom stereocenters. The summed E-state index contributed by atoms with van der Waals surface area (Å²) in [4.78, 5) is 0. The van der Waals surface area contributed by atoms with E-state index >= 15 is 0 Å². The molecule has 0 aromatic heterocycles. The number of aliphatic hydroxyl groups excluding tert-OH is 1. The molecule has 0 aromatic carbocycles. The monoisotopic (exact) mass is 216 g/mol. The average Bonchev–Trinajstić information content (AvgIpc) is 1.85. The first-order valence-corrected chi connectivity index (χ1v) is 4.27. The van der Waals surface area contributed by atoms with Crippen LogP contribution in [0, 0.1) is 0 Å². The van der Waals surface area contributed by atoms with Crippen molar-refractivity contribution in [1.29, 1.82) is 0 Å². The molecule has 0 saturated heterocycles. The molecule has 0 aliphatic carbocycles. The van der Waals surface area contributed by atoms with Crippen LogP contribution in [0.5, 0.6) is 0 Å². The SMILES string of the molecule is O=S(=O)(O)C(F)(F)C(F)CCO.[LiH]. The maximum absolute atomic E-state index is 12.2. The molecule has 0 aromatic rings. The zero-order valence-corrected chi connectivity index (χ0v) is 6.56. The van der Waals surface area contributed by atoms with Crippen LogP contribution in [0.25, 0.3) is 0 Å². The molecule has 0 spiro atoms. The van der Waals surface area contributed by atoms with Crippen LogP contribution < -0.4 is 0 Å². The van der Waals surface area contributed by atoms with E-state index in [0.717, 1.165) is 0 Å². The van der Waals surface area contributed by atoms with Gasteiger partial charge in [-0.3, -0.25) is 4.55 Å². The molecule has 0 saturated carbocycles. The third-order valence-electron chi connectivity index (χ3n) is 1.09. The Kier molecular flexibility index (Phi) is 6.31. The molecular weight excluding hydrogens is 208 g/mol. The quantitative estimate of drug-likeness (QED) is 0.492. The van der Waals surface area contributed by atoms with Gasteiger partial charge in [0.05, 0.1) is 0 Å². The van der Waals surface area contributed by atoms with E-state index in [1.807, 2.05) is 0 Å². The van der Waals surface area contributed by atoms with Crippen molar-refractivity contribution in [2.75, 3.05) is 6.61 Å². The Hall–Kier alpha value is 0.257. The summed E-state index contributed by atoms with van der Waals surface area (Å²) in [7, 11) is -5.74. The fraction of sp³-hybridized carbons (Fsp3) is 1.00. The molecule has 76 valence electrons. The molecule has 0 radical (unpaired) electrons. The molecule has 0 amide bonds. The van der Waals surface area contributed by atoms with Gasteiger partial charge < -0.3 is 5.11 Å². The summed E-state index contributed by atoms with van der Waals surface area (Å²) in [6.45, 7) is -0.924. The number of halogens is 3. The molecule has 0 aliphatic heterocycles. The van der Waals surface area contributed by atoms with Crippen LogP contribution in [0.15, 0.2) is 0 Å². The number of hydrogen-bond donors (Lipinski definition) is 2. The van der Waals surface area contributed by atoms with Crippen LogP contribution in [0.4, 0.5) is 13.2 Å². The normalized spacial score (nSPS) is 14.8. The molecule has 13 heavy (non-hydrogen) atoms. The molecule has 1 atom stereocenters. The fourth-order valence-electron chi connectivity index (χ4n) is 0.443. The second-order valence-corrected chi connectivity index (χ2v) is 3.51.